The van der Waals surface area contributed by atoms with E-state index in [4.69, 9.17) is 9.15 Å². The lowest BCUT2D eigenvalue weighted by Gasteiger charge is -2.23. The van der Waals surface area contributed by atoms with E-state index in [1.54, 1.807) is 0 Å². The Hall–Kier alpha value is -4.80. The van der Waals surface area contributed by atoms with Gasteiger partial charge in [-0.15, -0.1) is 11.3 Å². The molecule has 10 rings (SSSR count). The molecule has 0 unspecified atom stereocenters. The lowest BCUT2D eigenvalue weighted by atomic mass is 10.0. The molecule has 0 amide bonds. The second-order valence-corrected chi connectivity index (χ2v) is 11.2. The summed E-state index contributed by atoms with van der Waals surface area (Å²) in [5.74, 6) is 1.76. The second kappa shape index (κ2) is 6.55. The fourth-order valence-corrected chi connectivity index (χ4v) is 7.64. The third-order valence-corrected chi connectivity index (χ3v) is 9.28. The molecule has 0 saturated carbocycles. The third-order valence-electron chi connectivity index (χ3n) is 8.15. The molecule has 4 heterocycles. The molecule has 0 radical (unpaired) electrons. The van der Waals surface area contributed by atoms with Crippen molar-refractivity contribution in [1.82, 2.24) is 4.57 Å². The summed E-state index contributed by atoms with van der Waals surface area (Å²) in [7, 11) is 0. The molecule has 9 aromatic rings. The Morgan fingerprint density at radius 3 is 2.32 bits per heavy atom. The maximum absolute atomic E-state index is 6.94. The Morgan fingerprint density at radius 1 is 0.553 bits per heavy atom. The van der Waals surface area contributed by atoms with Gasteiger partial charge in [-0.25, -0.2) is 0 Å². The lowest BCUT2D eigenvalue weighted by molar-refractivity contribution is 0.487. The fourth-order valence-electron chi connectivity index (χ4n) is 6.52. The Bertz CT molecular complexity index is 2490. The van der Waals surface area contributed by atoms with E-state index in [1.807, 2.05) is 23.5 Å². The van der Waals surface area contributed by atoms with E-state index in [-0.39, 0.29) is 0 Å². The van der Waals surface area contributed by atoms with Crippen molar-refractivity contribution < 1.29 is 9.15 Å². The lowest BCUT2D eigenvalue weighted by Crippen LogP contribution is -2.05. The Labute approximate surface area is 219 Å². The molecular weight excluding hydrogens is 486 g/mol. The van der Waals surface area contributed by atoms with Gasteiger partial charge in [-0.3, -0.25) is 0 Å². The topological polar surface area (TPSA) is 27.3 Å². The zero-order chi connectivity index (χ0) is 24.5. The molecule has 0 spiro atoms. The van der Waals surface area contributed by atoms with Crippen molar-refractivity contribution in [2.45, 2.75) is 0 Å². The highest BCUT2D eigenvalue weighted by molar-refractivity contribution is 7.25. The smallest absolute Gasteiger partial charge is 0.163 e. The van der Waals surface area contributed by atoms with Crippen LogP contribution >= 0.6 is 11.3 Å². The predicted molar refractivity (Wildman–Crippen MR) is 159 cm³/mol. The summed E-state index contributed by atoms with van der Waals surface area (Å²) >= 11 is 1.85. The quantitative estimate of drug-likeness (QED) is 0.206. The number of thiophene rings is 1. The number of benzene rings is 6. The summed E-state index contributed by atoms with van der Waals surface area (Å²) in [4.78, 5) is 0. The Kier molecular flexibility index (Phi) is 3.33. The number of ether oxygens (including phenoxy) is 1. The average Bonchev–Trinajstić information content (AvgIpc) is 3.62. The number of hydrogen-bond donors (Lipinski definition) is 0. The number of fused-ring (bicyclic) bond motifs is 14. The normalized spacial score (nSPS) is 12.9. The second-order valence-electron chi connectivity index (χ2n) is 10.1. The van der Waals surface area contributed by atoms with Crippen LogP contribution in [0.25, 0.3) is 80.4 Å². The molecule has 3 nitrogen and oxygen atoms in total. The van der Waals surface area contributed by atoms with Crippen molar-refractivity contribution >= 4 is 86.0 Å². The summed E-state index contributed by atoms with van der Waals surface area (Å²) in [5.41, 5.74) is 5.09. The van der Waals surface area contributed by atoms with Crippen LogP contribution in [0.15, 0.2) is 108 Å². The van der Waals surface area contributed by atoms with Gasteiger partial charge in [0.25, 0.3) is 0 Å². The number of nitrogens with zero attached hydrogens (tertiary/aromatic N) is 1. The van der Waals surface area contributed by atoms with Gasteiger partial charge in [-0.05, 0) is 41.8 Å². The molecule has 38 heavy (non-hydrogen) atoms. The van der Waals surface area contributed by atoms with Crippen molar-refractivity contribution in [3.05, 3.63) is 103 Å². The zero-order valence-corrected chi connectivity index (χ0v) is 20.8. The van der Waals surface area contributed by atoms with Gasteiger partial charge < -0.3 is 13.7 Å². The van der Waals surface area contributed by atoms with Gasteiger partial charge in [0, 0.05) is 41.7 Å². The number of para-hydroxylation sites is 1. The predicted octanol–water partition coefficient (Wildman–Crippen LogP) is 10.3. The molecule has 1 aliphatic heterocycles. The molecule has 0 N–H and O–H groups in total. The first kappa shape index (κ1) is 19.3. The average molecular weight is 504 g/mol. The molecule has 1 aliphatic rings. The van der Waals surface area contributed by atoms with Crippen molar-refractivity contribution in [2.75, 3.05) is 0 Å². The molecule has 6 aromatic carbocycles. The van der Waals surface area contributed by atoms with Gasteiger partial charge in [-0.2, -0.15) is 0 Å². The van der Waals surface area contributed by atoms with Crippen LogP contribution in [0, 0.1) is 0 Å². The zero-order valence-electron chi connectivity index (χ0n) is 20.0. The standard InChI is InChI=1S/C34H17NO2S/c1-2-8-19-18(7-1)13-14-25-33(19)37-34-31-21-10-3-5-11-27(21)36-28(31)16-24-22-17-30-23(15-26(22)35(25)32(24)34)20-9-4-6-12-29(20)38-30/h1-17H. The molecular formula is C34H17NO2S. The molecule has 0 atom stereocenters. The van der Waals surface area contributed by atoms with Crippen LogP contribution < -0.4 is 4.74 Å². The highest BCUT2D eigenvalue weighted by atomic mass is 32.1. The minimum atomic E-state index is 0.855. The molecule has 0 fully saturated rings. The monoisotopic (exact) mass is 503 g/mol. The number of rotatable bonds is 0. The van der Waals surface area contributed by atoms with E-state index >= 15 is 0 Å². The SMILES string of the molecule is c1ccc2c3c(ccc2c1)-n1c2cc4c(cc2c2cc5oc6ccccc6c5c(c21)O3)sc1ccccc14. The van der Waals surface area contributed by atoms with E-state index in [0.717, 1.165) is 60.8 Å². The van der Waals surface area contributed by atoms with Gasteiger partial charge >= 0.3 is 0 Å². The molecule has 0 bridgehead atoms. The van der Waals surface area contributed by atoms with Crippen LogP contribution in [0.4, 0.5) is 0 Å². The Morgan fingerprint density at radius 2 is 1.37 bits per heavy atom. The first-order valence-electron chi connectivity index (χ1n) is 12.8. The maximum atomic E-state index is 6.94. The molecule has 0 saturated heterocycles. The first-order chi connectivity index (χ1) is 18.8. The van der Waals surface area contributed by atoms with Gasteiger partial charge in [0.1, 0.15) is 11.2 Å². The minimum Gasteiger partial charge on any atom is -0.456 e. The van der Waals surface area contributed by atoms with Crippen LogP contribution in [0.1, 0.15) is 0 Å². The summed E-state index contributed by atoms with van der Waals surface area (Å²) in [6.07, 6.45) is 0. The van der Waals surface area contributed by atoms with E-state index in [0.29, 0.717) is 0 Å². The van der Waals surface area contributed by atoms with Gasteiger partial charge in [0.05, 0.1) is 22.1 Å². The van der Waals surface area contributed by atoms with Gasteiger partial charge in [-0.1, -0.05) is 66.7 Å². The number of furan rings is 1. The minimum absolute atomic E-state index is 0.855. The maximum Gasteiger partial charge on any atom is 0.163 e. The summed E-state index contributed by atoms with van der Waals surface area (Å²) < 4.78 is 18.4. The van der Waals surface area contributed by atoms with E-state index in [1.165, 1.54) is 31.1 Å². The fraction of sp³-hybridized carbons (Fsp3) is 0. The Balaban J connectivity index is 1.49. The van der Waals surface area contributed by atoms with Crippen LogP contribution in [0.5, 0.6) is 11.5 Å². The van der Waals surface area contributed by atoms with Crippen molar-refractivity contribution in [1.29, 1.82) is 0 Å². The van der Waals surface area contributed by atoms with Gasteiger partial charge in [0.2, 0.25) is 0 Å². The van der Waals surface area contributed by atoms with Crippen LogP contribution in [-0.2, 0) is 0 Å². The molecule has 0 aliphatic carbocycles. The molecule has 3 aromatic heterocycles. The first-order valence-corrected chi connectivity index (χ1v) is 13.6. The molecule has 4 heteroatoms. The number of hydrogen-bond acceptors (Lipinski definition) is 3. The number of aromatic nitrogens is 1. The van der Waals surface area contributed by atoms with Crippen molar-refractivity contribution in [3.8, 4) is 17.2 Å². The van der Waals surface area contributed by atoms with Crippen molar-refractivity contribution in [2.24, 2.45) is 0 Å². The van der Waals surface area contributed by atoms with Gasteiger partial charge in [0.15, 0.2) is 11.5 Å². The van der Waals surface area contributed by atoms with E-state index < -0.39 is 0 Å². The summed E-state index contributed by atoms with van der Waals surface area (Å²) in [5, 5.41) is 9.34. The summed E-state index contributed by atoms with van der Waals surface area (Å²) in [6.45, 7) is 0. The third kappa shape index (κ3) is 2.22. The van der Waals surface area contributed by atoms with Crippen LogP contribution in [0.2, 0.25) is 0 Å². The van der Waals surface area contributed by atoms with Crippen molar-refractivity contribution in [3.63, 3.8) is 0 Å². The highest BCUT2D eigenvalue weighted by Crippen LogP contribution is 2.53. The van der Waals surface area contributed by atoms with Crippen LogP contribution in [-0.4, -0.2) is 4.57 Å². The summed E-state index contributed by atoms with van der Waals surface area (Å²) in [6, 6.07) is 36.7. The largest absolute Gasteiger partial charge is 0.456 e. The van der Waals surface area contributed by atoms with E-state index in [9.17, 15) is 0 Å². The van der Waals surface area contributed by atoms with E-state index in [2.05, 4.69) is 95.6 Å². The molecule has 176 valence electrons. The highest BCUT2D eigenvalue weighted by Gasteiger charge is 2.29. The van der Waals surface area contributed by atoms with Crippen LogP contribution in [0.3, 0.4) is 0 Å².